The minimum Gasteiger partial charge on any atom is -0.321 e. The first-order valence-electron chi connectivity index (χ1n) is 5.26. The molecular formula is C13H11BrN2OS. The molecule has 3 nitrogen and oxygen atoms in total. The van der Waals surface area contributed by atoms with Gasteiger partial charge in [-0.15, -0.1) is 11.8 Å². The van der Waals surface area contributed by atoms with Crippen molar-refractivity contribution in [3.63, 3.8) is 0 Å². The smallest absolute Gasteiger partial charge is 0.255 e. The Kier molecular flexibility index (Phi) is 4.38. The summed E-state index contributed by atoms with van der Waals surface area (Å²) in [5.41, 5.74) is 1.31. The fourth-order valence-corrected chi connectivity index (χ4v) is 2.04. The van der Waals surface area contributed by atoms with Gasteiger partial charge >= 0.3 is 0 Å². The SMILES string of the molecule is CSc1ccc(C(=O)Nc2ccc(Br)nc2)cc1. The molecular weight excluding hydrogens is 312 g/mol. The maximum atomic E-state index is 11.9. The Morgan fingerprint density at radius 1 is 1.22 bits per heavy atom. The van der Waals surface area contributed by atoms with E-state index in [-0.39, 0.29) is 5.91 Å². The van der Waals surface area contributed by atoms with Crippen LogP contribution in [-0.4, -0.2) is 17.1 Å². The Labute approximate surface area is 118 Å². The number of nitrogens with zero attached hydrogens (tertiary/aromatic N) is 1. The maximum Gasteiger partial charge on any atom is 0.255 e. The van der Waals surface area contributed by atoms with Gasteiger partial charge in [0.2, 0.25) is 0 Å². The Bertz CT molecular complexity index is 540. The van der Waals surface area contributed by atoms with E-state index in [0.717, 1.165) is 9.50 Å². The second-order valence-electron chi connectivity index (χ2n) is 3.55. The van der Waals surface area contributed by atoms with Gasteiger partial charge < -0.3 is 5.32 Å². The van der Waals surface area contributed by atoms with Crippen LogP contribution in [0.3, 0.4) is 0 Å². The normalized spacial score (nSPS) is 10.1. The number of hydrogen-bond acceptors (Lipinski definition) is 3. The van der Waals surface area contributed by atoms with Crippen LogP contribution >= 0.6 is 27.7 Å². The molecule has 18 heavy (non-hydrogen) atoms. The van der Waals surface area contributed by atoms with Gasteiger partial charge in [0.05, 0.1) is 11.9 Å². The van der Waals surface area contributed by atoms with E-state index in [2.05, 4.69) is 26.2 Å². The van der Waals surface area contributed by atoms with Crippen molar-refractivity contribution in [3.8, 4) is 0 Å². The Balaban J connectivity index is 2.09. The van der Waals surface area contributed by atoms with Crippen LogP contribution in [0, 0.1) is 0 Å². The summed E-state index contributed by atoms with van der Waals surface area (Å²) in [7, 11) is 0. The van der Waals surface area contributed by atoms with Crippen LogP contribution in [-0.2, 0) is 0 Å². The van der Waals surface area contributed by atoms with Crippen molar-refractivity contribution in [2.75, 3.05) is 11.6 Å². The zero-order valence-corrected chi connectivity index (χ0v) is 12.1. The lowest BCUT2D eigenvalue weighted by molar-refractivity contribution is 0.102. The molecule has 0 radical (unpaired) electrons. The minimum atomic E-state index is -0.133. The summed E-state index contributed by atoms with van der Waals surface area (Å²) in [6.07, 6.45) is 3.61. The zero-order chi connectivity index (χ0) is 13.0. The first-order chi connectivity index (χ1) is 8.69. The number of benzene rings is 1. The molecule has 0 aliphatic carbocycles. The number of nitrogens with one attached hydrogen (secondary N) is 1. The second-order valence-corrected chi connectivity index (χ2v) is 5.24. The predicted octanol–water partition coefficient (Wildman–Crippen LogP) is 3.82. The van der Waals surface area contributed by atoms with Crippen LogP contribution in [0.15, 0.2) is 52.1 Å². The third-order valence-electron chi connectivity index (χ3n) is 2.34. The number of aromatic nitrogens is 1. The van der Waals surface area contributed by atoms with Gasteiger partial charge in [0.1, 0.15) is 4.60 Å². The minimum absolute atomic E-state index is 0.133. The second kappa shape index (κ2) is 6.02. The Hall–Kier alpha value is -1.33. The lowest BCUT2D eigenvalue weighted by Crippen LogP contribution is -2.11. The molecule has 1 amide bonds. The molecule has 92 valence electrons. The van der Waals surface area contributed by atoms with Gasteiger partial charge in [-0.25, -0.2) is 4.98 Å². The number of pyridine rings is 1. The van der Waals surface area contributed by atoms with Crippen molar-refractivity contribution in [3.05, 3.63) is 52.8 Å². The van der Waals surface area contributed by atoms with Crippen molar-refractivity contribution in [2.24, 2.45) is 0 Å². The third-order valence-corrected chi connectivity index (χ3v) is 3.55. The Morgan fingerprint density at radius 3 is 2.50 bits per heavy atom. The molecule has 1 heterocycles. The lowest BCUT2D eigenvalue weighted by Gasteiger charge is -2.05. The number of thioether (sulfide) groups is 1. The van der Waals surface area contributed by atoms with Gasteiger partial charge in [0.15, 0.2) is 0 Å². The van der Waals surface area contributed by atoms with Crippen LogP contribution in [0.2, 0.25) is 0 Å². The molecule has 1 N–H and O–H groups in total. The highest BCUT2D eigenvalue weighted by Crippen LogP contribution is 2.16. The fraction of sp³-hybridized carbons (Fsp3) is 0.0769. The van der Waals surface area contributed by atoms with Crippen molar-refractivity contribution in [1.82, 2.24) is 4.98 Å². The van der Waals surface area contributed by atoms with Crippen LogP contribution in [0.25, 0.3) is 0 Å². The summed E-state index contributed by atoms with van der Waals surface area (Å²) in [4.78, 5) is 17.1. The van der Waals surface area contributed by atoms with E-state index in [0.29, 0.717) is 11.3 Å². The average molecular weight is 323 g/mol. The first kappa shape index (κ1) is 13.1. The molecule has 0 fully saturated rings. The molecule has 0 saturated heterocycles. The third kappa shape index (κ3) is 3.34. The average Bonchev–Trinajstić information content (AvgIpc) is 2.41. The standard InChI is InChI=1S/C13H11BrN2OS/c1-18-11-5-2-9(3-6-11)13(17)16-10-4-7-12(14)15-8-10/h2-8H,1H3,(H,16,17). The van der Waals surface area contributed by atoms with E-state index in [1.807, 2.05) is 30.5 Å². The number of anilines is 1. The fourth-order valence-electron chi connectivity index (χ4n) is 1.40. The number of halogens is 1. The van der Waals surface area contributed by atoms with Gasteiger partial charge in [0.25, 0.3) is 5.91 Å². The monoisotopic (exact) mass is 322 g/mol. The largest absolute Gasteiger partial charge is 0.321 e. The van der Waals surface area contributed by atoms with Gasteiger partial charge in [-0.05, 0) is 58.6 Å². The first-order valence-corrected chi connectivity index (χ1v) is 7.28. The molecule has 0 spiro atoms. The summed E-state index contributed by atoms with van der Waals surface area (Å²) < 4.78 is 0.741. The van der Waals surface area contributed by atoms with E-state index >= 15 is 0 Å². The number of amides is 1. The molecule has 0 aliphatic heterocycles. The molecule has 1 aromatic heterocycles. The van der Waals surface area contributed by atoms with E-state index in [4.69, 9.17) is 0 Å². The van der Waals surface area contributed by atoms with Gasteiger partial charge in [-0.3, -0.25) is 4.79 Å². The topological polar surface area (TPSA) is 42.0 Å². The number of carbonyl (C=O) groups excluding carboxylic acids is 1. The molecule has 1 aromatic carbocycles. The van der Waals surface area contributed by atoms with E-state index < -0.39 is 0 Å². The number of rotatable bonds is 3. The Morgan fingerprint density at radius 2 is 1.94 bits per heavy atom. The van der Waals surface area contributed by atoms with E-state index in [1.165, 1.54) is 0 Å². The van der Waals surface area contributed by atoms with Crippen molar-refractivity contribution >= 4 is 39.3 Å². The number of carbonyl (C=O) groups is 1. The molecule has 2 rings (SSSR count). The van der Waals surface area contributed by atoms with Crippen LogP contribution < -0.4 is 5.32 Å². The quantitative estimate of drug-likeness (QED) is 0.690. The summed E-state index contributed by atoms with van der Waals surface area (Å²) in [6.45, 7) is 0. The lowest BCUT2D eigenvalue weighted by atomic mass is 10.2. The summed E-state index contributed by atoms with van der Waals surface area (Å²) >= 11 is 4.89. The van der Waals surface area contributed by atoms with Crippen LogP contribution in [0.5, 0.6) is 0 Å². The summed E-state index contributed by atoms with van der Waals surface area (Å²) in [6, 6.07) is 11.1. The molecule has 0 unspecified atom stereocenters. The van der Waals surface area contributed by atoms with Crippen molar-refractivity contribution in [1.29, 1.82) is 0 Å². The van der Waals surface area contributed by atoms with Crippen LogP contribution in [0.4, 0.5) is 5.69 Å². The number of hydrogen-bond donors (Lipinski definition) is 1. The van der Waals surface area contributed by atoms with E-state index in [9.17, 15) is 4.79 Å². The molecule has 0 bridgehead atoms. The predicted molar refractivity (Wildman–Crippen MR) is 78.1 cm³/mol. The van der Waals surface area contributed by atoms with Crippen molar-refractivity contribution < 1.29 is 4.79 Å². The highest BCUT2D eigenvalue weighted by Gasteiger charge is 2.05. The van der Waals surface area contributed by atoms with Crippen molar-refractivity contribution in [2.45, 2.75) is 4.90 Å². The zero-order valence-electron chi connectivity index (χ0n) is 9.68. The van der Waals surface area contributed by atoms with E-state index in [1.54, 1.807) is 30.1 Å². The summed E-state index contributed by atoms with van der Waals surface area (Å²) in [5.74, 6) is -0.133. The van der Waals surface area contributed by atoms with Gasteiger partial charge in [-0.1, -0.05) is 0 Å². The van der Waals surface area contributed by atoms with Crippen LogP contribution in [0.1, 0.15) is 10.4 Å². The highest BCUT2D eigenvalue weighted by atomic mass is 79.9. The molecule has 5 heteroatoms. The summed E-state index contributed by atoms with van der Waals surface area (Å²) in [5, 5.41) is 2.79. The maximum absolute atomic E-state index is 11.9. The molecule has 0 aliphatic rings. The highest BCUT2D eigenvalue weighted by molar-refractivity contribution is 9.10. The molecule has 0 atom stereocenters. The van der Waals surface area contributed by atoms with Gasteiger partial charge in [-0.2, -0.15) is 0 Å². The molecule has 0 saturated carbocycles. The van der Waals surface area contributed by atoms with Gasteiger partial charge in [0, 0.05) is 10.5 Å². The molecule has 2 aromatic rings.